The number of ether oxygens (including phenoxy) is 2. The fourth-order valence-corrected chi connectivity index (χ4v) is 3.98. The van der Waals surface area contributed by atoms with Gasteiger partial charge >= 0.3 is 0 Å². The highest BCUT2D eigenvalue weighted by atomic mass is 32.2. The third kappa shape index (κ3) is 4.40. The van der Waals surface area contributed by atoms with Crippen molar-refractivity contribution in [1.29, 1.82) is 0 Å². The highest BCUT2D eigenvalue weighted by Gasteiger charge is 2.35. The van der Waals surface area contributed by atoms with E-state index in [4.69, 9.17) is 15.4 Å². The summed E-state index contributed by atoms with van der Waals surface area (Å²) in [6.07, 6.45) is 1.45. The molecule has 1 fully saturated rings. The Balaban J connectivity index is 1.83. The minimum atomic E-state index is -0.474. The van der Waals surface area contributed by atoms with Gasteiger partial charge in [0.1, 0.15) is 5.82 Å². The first kappa shape index (κ1) is 18.4. The second-order valence-electron chi connectivity index (χ2n) is 6.04. The Kier molecular flexibility index (Phi) is 6.09. The smallest absolute Gasteiger partial charge is 0.124 e. The molecule has 0 bridgehead atoms. The first-order valence-corrected chi connectivity index (χ1v) is 8.99. The number of nitrogens with two attached hydrogens (primary N) is 1. The van der Waals surface area contributed by atoms with E-state index in [0.29, 0.717) is 19.8 Å². The monoisotopic (exact) mass is 363 g/mol. The van der Waals surface area contributed by atoms with Crippen LogP contribution in [0.3, 0.4) is 0 Å². The zero-order chi connectivity index (χ0) is 17.7. The summed E-state index contributed by atoms with van der Waals surface area (Å²) >= 11 is 1.52. The van der Waals surface area contributed by atoms with Gasteiger partial charge < -0.3 is 9.47 Å². The second kappa shape index (κ2) is 8.29. The van der Waals surface area contributed by atoms with Gasteiger partial charge in [0.2, 0.25) is 0 Å². The van der Waals surface area contributed by atoms with Gasteiger partial charge in [0.25, 0.3) is 0 Å². The molecule has 2 aromatic rings. The number of rotatable bonds is 6. The van der Waals surface area contributed by atoms with E-state index in [1.807, 2.05) is 30.3 Å². The van der Waals surface area contributed by atoms with Gasteiger partial charge in [-0.05, 0) is 41.5 Å². The quantitative estimate of drug-likeness (QED) is 0.786. The molecule has 0 spiro atoms. The maximum Gasteiger partial charge on any atom is 0.124 e. The van der Waals surface area contributed by atoms with Crippen LogP contribution in [0.15, 0.2) is 52.3 Å². The topological polar surface area (TPSA) is 53.7 Å². The number of hydrogen-bond acceptors (Lipinski definition) is 5. The van der Waals surface area contributed by atoms with E-state index in [1.165, 1.54) is 11.8 Å². The molecule has 25 heavy (non-hydrogen) atoms. The molecule has 2 aromatic carbocycles. The molecular weight excluding hydrogens is 341 g/mol. The third-order valence-electron chi connectivity index (χ3n) is 4.50. The molecule has 1 aliphatic heterocycles. The Morgan fingerprint density at radius 1 is 1.12 bits per heavy atom. The predicted octanol–water partition coefficient (Wildman–Crippen LogP) is 4.02. The van der Waals surface area contributed by atoms with Gasteiger partial charge in [0.05, 0.1) is 12.2 Å². The van der Waals surface area contributed by atoms with Crippen molar-refractivity contribution in [2.45, 2.75) is 34.8 Å². The molecule has 0 unspecified atom stereocenters. The van der Waals surface area contributed by atoms with Crippen LogP contribution in [0.4, 0.5) is 4.39 Å². The van der Waals surface area contributed by atoms with Crippen LogP contribution >= 0.6 is 11.8 Å². The molecule has 0 aliphatic carbocycles. The molecule has 0 aromatic heterocycles. The molecule has 4 nitrogen and oxygen atoms in total. The van der Waals surface area contributed by atoms with Gasteiger partial charge in [0.15, 0.2) is 0 Å². The van der Waals surface area contributed by atoms with Crippen molar-refractivity contribution < 1.29 is 18.7 Å². The average molecular weight is 363 g/mol. The Labute approximate surface area is 151 Å². The second-order valence-corrected chi connectivity index (χ2v) is 7.19. The maximum atomic E-state index is 14.2. The molecule has 1 heterocycles. The molecule has 3 rings (SSSR count). The number of benzene rings is 2. The zero-order valence-electron chi connectivity index (χ0n) is 14.2. The average Bonchev–Trinajstić information content (AvgIpc) is 2.64. The lowest BCUT2D eigenvalue weighted by Crippen LogP contribution is -2.35. The summed E-state index contributed by atoms with van der Waals surface area (Å²) < 4.78 is 25.4. The SMILES string of the molecule is COC1(c2cc(F)cc(Sc3ccc(CON)cc3)c2)CCOCC1. The van der Waals surface area contributed by atoms with Crippen LogP contribution in [0.5, 0.6) is 0 Å². The molecular formula is C19H22FNO3S. The maximum absolute atomic E-state index is 14.2. The van der Waals surface area contributed by atoms with E-state index < -0.39 is 5.60 Å². The Bertz CT molecular complexity index is 702. The number of halogens is 1. The highest BCUT2D eigenvalue weighted by molar-refractivity contribution is 7.99. The molecule has 6 heteroatoms. The Morgan fingerprint density at radius 3 is 2.48 bits per heavy atom. The summed E-state index contributed by atoms with van der Waals surface area (Å²) in [5.74, 6) is 4.83. The van der Waals surface area contributed by atoms with E-state index >= 15 is 0 Å². The summed E-state index contributed by atoms with van der Waals surface area (Å²) in [6.45, 7) is 1.61. The fraction of sp³-hybridized carbons (Fsp3) is 0.368. The van der Waals surface area contributed by atoms with Gasteiger partial charge in [-0.1, -0.05) is 23.9 Å². The lowest BCUT2D eigenvalue weighted by molar-refractivity contribution is -0.0950. The van der Waals surface area contributed by atoms with E-state index in [0.717, 1.165) is 33.8 Å². The summed E-state index contributed by atoms with van der Waals surface area (Å²) in [7, 11) is 1.68. The van der Waals surface area contributed by atoms with E-state index in [9.17, 15) is 4.39 Å². The normalized spacial score (nSPS) is 16.8. The highest BCUT2D eigenvalue weighted by Crippen LogP contribution is 2.38. The molecule has 2 N–H and O–H groups in total. The van der Waals surface area contributed by atoms with Gasteiger partial charge in [-0.15, -0.1) is 0 Å². The molecule has 0 saturated carbocycles. The fourth-order valence-electron chi connectivity index (χ4n) is 3.08. The van der Waals surface area contributed by atoms with Crippen molar-refractivity contribution in [3.05, 3.63) is 59.4 Å². The molecule has 134 valence electrons. The van der Waals surface area contributed by atoms with Crippen molar-refractivity contribution in [2.75, 3.05) is 20.3 Å². The lowest BCUT2D eigenvalue weighted by atomic mass is 9.86. The van der Waals surface area contributed by atoms with Gasteiger partial charge in [0, 0.05) is 43.0 Å². The van der Waals surface area contributed by atoms with Crippen molar-refractivity contribution in [3.63, 3.8) is 0 Å². The van der Waals surface area contributed by atoms with Crippen LogP contribution < -0.4 is 5.90 Å². The van der Waals surface area contributed by atoms with E-state index in [2.05, 4.69) is 4.84 Å². The van der Waals surface area contributed by atoms with Crippen LogP contribution in [-0.2, 0) is 26.5 Å². The van der Waals surface area contributed by atoms with Crippen LogP contribution in [0, 0.1) is 5.82 Å². The predicted molar refractivity (Wildman–Crippen MR) is 94.7 cm³/mol. The van der Waals surface area contributed by atoms with Crippen molar-refractivity contribution in [2.24, 2.45) is 5.90 Å². The van der Waals surface area contributed by atoms with E-state index in [1.54, 1.807) is 19.2 Å². The summed E-state index contributed by atoms with van der Waals surface area (Å²) in [5.41, 5.74) is 1.39. The summed E-state index contributed by atoms with van der Waals surface area (Å²) in [6, 6.07) is 13.0. The zero-order valence-corrected chi connectivity index (χ0v) is 15.0. The lowest BCUT2D eigenvalue weighted by Gasteiger charge is -2.36. The standard InChI is InChI=1S/C19H22FNO3S/c1-22-19(6-8-23-9-7-19)15-10-16(20)12-18(11-15)25-17-4-2-14(3-5-17)13-24-21/h2-5,10-12H,6-9,13,21H2,1H3. The third-order valence-corrected chi connectivity index (χ3v) is 5.48. The van der Waals surface area contributed by atoms with Crippen LogP contribution in [-0.4, -0.2) is 20.3 Å². The molecule has 0 atom stereocenters. The minimum Gasteiger partial charge on any atom is -0.381 e. The van der Waals surface area contributed by atoms with Crippen LogP contribution in [0.25, 0.3) is 0 Å². The summed E-state index contributed by atoms with van der Waals surface area (Å²) in [5, 5.41) is 0. The largest absolute Gasteiger partial charge is 0.381 e. The molecule has 0 amide bonds. The van der Waals surface area contributed by atoms with Crippen LogP contribution in [0.2, 0.25) is 0 Å². The van der Waals surface area contributed by atoms with Gasteiger partial charge in [-0.25, -0.2) is 10.3 Å². The van der Waals surface area contributed by atoms with Crippen molar-refractivity contribution >= 4 is 11.8 Å². The first-order chi connectivity index (χ1) is 12.1. The Hall–Kier alpha value is -1.44. The molecule has 1 aliphatic rings. The number of hydrogen-bond donors (Lipinski definition) is 1. The summed E-state index contributed by atoms with van der Waals surface area (Å²) in [4.78, 5) is 6.50. The van der Waals surface area contributed by atoms with Crippen LogP contribution in [0.1, 0.15) is 24.0 Å². The molecule has 1 saturated heterocycles. The number of methoxy groups -OCH3 is 1. The van der Waals surface area contributed by atoms with E-state index in [-0.39, 0.29) is 5.82 Å². The first-order valence-electron chi connectivity index (χ1n) is 8.18. The Morgan fingerprint density at radius 2 is 1.84 bits per heavy atom. The van der Waals surface area contributed by atoms with Gasteiger partial charge in [-0.2, -0.15) is 0 Å². The van der Waals surface area contributed by atoms with Crippen molar-refractivity contribution in [1.82, 2.24) is 0 Å². The van der Waals surface area contributed by atoms with Crippen molar-refractivity contribution in [3.8, 4) is 0 Å². The van der Waals surface area contributed by atoms with Gasteiger partial charge in [-0.3, -0.25) is 4.84 Å². The minimum absolute atomic E-state index is 0.254. The molecule has 0 radical (unpaired) electrons.